The molecule has 0 heterocycles. The molecular weight excluding hydrogens is 586 g/mol. The molecule has 1 N–H and O–H groups in total. The van der Waals surface area contributed by atoms with Crippen molar-refractivity contribution in [2.24, 2.45) is 0 Å². The molecule has 0 bridgehead atoms. The van der Waals surface area contributed by atoms with Crippen LogP contribution < -0.4 is 10.2 Å². The van der Waals surface area contributed by atoms with Crippen LogP contribution in [0.4, 0.5) is 11.4 Å². The van der Waals surface area contributed by atoms with Crippen LogP contribution in [0.25, 0.3) is 0 Å². The molecule has 0 saturated heterocycles. The fraction of sp³-hybridized carbons (Fsp3) is 0.261. The molecule has 0 atom stereocenters. The van der Waals surface area contributed by atoms with Gasteiger partial charge in [0.25, 0.3) is 0 Å². The third kappa shape index (κ3) is 7.23. The van der Waals surface area contributed by atoms with Crippen LogP contribution in [0.15, 0.2) is 48.5 Å². The van der Waals surface area contributed by atoms with Crippen LogP contribution in [0, 0.1) is 26.2 Å². The van der Waals surface area contributed by atoms with Crippen molar-refractivity contribution in [3.8, 4) is 11.8 Å². The number of benzene rings is 2. The van der Waals surface area contributed by atoms with Gasteiger partial charge in [-0.3, -0.25) is 9.69 Å². The van der Waals surface area contributed by atoms with E-state index in [-0.39, 0.29) is 13.3 Å². The number of hydrogen-bond acceptors (Lipinski definition) is 3. The fourth-order valence-electron chi connectivity index (χ4n) is 2.54. The smallest absolute Gasteiger partial charge is 0.221 e. The van der Waals surface area contributed by atoms with Gasteiger partial charge in [0.2, 0.25) is 5.91 Å². The van der Waals surface area contributed by atoms with Gasteiger partial charge < -0.3 is 24.6 Å². The first-order chi connectivity index (χ1) is 12.5. The van der Waals surface area contributed by atoms with Gasteiger partial charge >= 0.3 is 0 Å². The van der Waals surface area contributed by atoms with Gasteiger partial charge in [-0.05, 0) is 43.9 Å². The van der Waals surface area contributed by atoms with Crippen LogP contribution in [0.2, 0.25) is 0 Å². The maximum Gasteiger partial charge on any atom is 0.221 e. The number of rotatable bonds is 6. The van der Waals surface area contributed by atoms with E-state index in [1.807, 2.05) is 55.4 Å². The number of nitrogens with zero attached hydrogens (tertiary/aromatic N) is 2. The van der Waals surface area contributed by atoms with E-state index in [4.69, 9.17) is 0 Å². The SMILES string of the molecule is [CH2-]CN(Cc1ccc(C#CCN(C)C)cc1)c1ccccc1NC(C)=O.[CH3-].[Es]. The quantitative estimate of drug-likeness (QED) is 0.397. The first-order valence-electron chi connectivity index (χ1n) is 8.63. The van der Waals surface area contributed by atoms with E-state index in [2.05, 4.69) is 41.1 Å². The maximum absolute atomic E-state index is 11.4. The molecule has 0 aromatic heterocycles. The first kappa shape index (κ1) is 24.2. The van der Waals surface area contributed by atoms with Crippen molar-refractivity contribution in [3.05, 3.63) is 74.0 Å². The van der Waals surface area contributed by atoms with E-state index in [1.54, 1.807) is 0 Å². The van der Waals surface area contributed by atoms with Crippen molar-refractivity contribution in [2.45, 2.75) is 13.5 Å². The van der Waals surface area contributed by atoms with Gasteiger partial charge in [0.1, 0.15) is 0 Å². The van der Waals surface area contributed by atoms with Crippen LogP contribution >= 0.6 is 0 Å². The van der Waals surface area contributed by atoms with Crippen molar-refractivity contribution in [1.29, 1.82) is 0 Å². The molecule has 2 aromatic rings. The topological polar surface area (TPSA) is 35.6 Å². The van der Waals surface area contributed by atoms with E-state index in [1.165, 1.54) is 12.5 Å². The van der Waals surface area contributed by atoms with Gasteiger partial charge in [0.05, 0.1) is 17.9 Å². The van der Waals surface area contributed by atoms with Crippen molar-refractivity contribution in [1.82, 2.24) is 4.90 Å². The Bertz CT molecular complexity index is 791. The van der Waals surface area contributed by atoms with Crippen LogP contribution in [-0.4, -0.2) is 38.0 Å². The molecule has 1 radical (unpaired) electrons. The average Bonchev–Trinajstić information content (AvgIpc) is 2.61. The molecule has 2 rings (SSSR count). The van der Waals surface area contributed by atoms with Crippen molar-refractivity contribution >= 4 is 17.3 Å². The van der Waals surface area contributed by atoms with Gasteiger partial charge in [0.15, 0.2) is 0 Å². The molecule has 0 aliphatic carbocycles. The van der Waals surface area contributed by atoms with E-state index in [0.717, 1.165) is 23.5 Å². The summed E-state index contributed by atoms with van der Waals surface area (Å²) >= 11 is 0. The Morgan fingerprint density at radius 1 is 1.11 bits per heavy atom. The molecular formula is C23H29EsN3O-2. The number of para-hydroxylation sites is 2. The van der Waals surface area contributed by atoms with Crippen LogP contribution in [0.3, 0.4) is 0 Å². The second kappa shape index (κ2) is 11.8. The minimum atomic E-state index is -0.0814. The standard InChI is InChI=1S/C22H26N3O.CH3.Es/c1-5-25(22-11-7-6-10-21(22)23-18(2)26)17-20-14-12-19(13-15-20)9-8-16-24(3)4;;/h6-7,10-15H,1,5,16-17H2,2-4H3,(H,23,26);1H3;/q2*-1;. The summed E-state index contributed by atoms with van der Waals surface area (Å²) in [4.78, 5) is 15.6. The average molecular weight is 616 g/mol. The third-order valence-corrected chi connectivity index (χ3v) is 3.78. The molecule has 0 unspecified atom stereocenters. The molecule has 0 aliphatic rings. The molecule has 1 amide bonds. The van der Waals surface area contributed by atoms with E-state index < -0.39 is 0 Å². The Kier molecular flexibility index (Phi) is 10.2. The molecule has 0 aliphatic heterocycles. The molecule has 0 saturated carbocycles. The molecule has 0 fully saturated rings. The summed E-state index contributed by atoms with van der Waals surface area (Å²) in [5.41, 5.74) is 3.95. The van der Waals surface area contributed by atoms with Gasteiger partial charge in [-0.2, -0.15) is 0 Å². The largest absolute Gasteiger partial charge is 0.396 e. The zero-order valence-electron chi connectivity index (χ0n) is 17.1. The molecule has 2 aromatic carbocycles. The Hall–Kier alpha value is -3.77. The number of hydrogen-bond donors (Lipinski definition) is 1. The molecule has 155 valence electrons. The van der Waals surface area contributed by atoms with Crippen LogP contribution in [0.1, 0.15) is 18.1 Å². The first-order valence-corrected chi connectivity index (χ1v) is 8.63. The van der Waals surface area contributed by atoms with Crippen LogP contribution in [-0.2, 0) is 11.3 Å². The number of carbonyl (C=O) groups is 1. The van der Waals surface area contributed by atoms with Gasteiger partial charge in [-0.15, -0.1) is 6.54 Å². The summed E-state index contributed by atoms with van der Waals surface area (Å²) in [6.07, 6.45) is 0. The van der Waals surface area contributed by atoms with E-state index in [0.29, 0.717) is 13.1 Å². The fourth-order valence-corrected chi connectivity index (χ4v) is 2.54. The van der Waals surface area contributed by atoms with E-state index in [9.17, 15) is 4.79 Å². The Morgan fingerprint density at radius 2 is 1.75 bits per heavy atom. The zero-order valence-corrected chi connectivity index (χ0v) is 19.6. The Labute approximate surface area is 164 Å². The third-order valence-electron chi connectivity index (χ3n) is 3.78. The summed E-state index contributed by atoms with van der Waals surface area (Å²) in [5.74, 6) is 6.23. The normalized spacial score (nSPS) is 9.46. The molecule has 28 heavy (non-hydrogen) atoms. The molecule has 5 heteroatoms. The van der Waals surface area contributed by atoms with Crippen molar-refractivity contribution in [3.63, 3.8) is 0 Å². The van der Waals surface area contributed by atoms with Crippen molar-refractivity contribution < 1.29 is 4.79 Å². The van der Waals surface area contributed by atoms with Gasteiger partial charge in [-0.1, -0.05) is 36.1 Å². The van der Waals surface area contributed by atoms with Crippen LogP contribution in [0.5, 0.6) is 0 Å². The summed E-state index contributed by atoms with van der Waals surface area (Å²) in [6.45, 7) is 7.61. The predicted molar refractivity (Wildman–Crippen MR) is 115 cm³/mol. The Morgan fingerprint density at radius 3 is 2.32 bits per heavy atom. The summed E-state index contributed by atoms with van der Waals surface area (Å²) in [6, 6.07) is 16.0. The predicted octanol–water partition coefficient (Wildman–Crippen LogP) is 3.85. The van der Waals surface area contributed by atoms with E-state index >= 15 is 0 Å². The summed E-state index contributed by atoms with van der Waals surface area (Å²) in [7, 11) is 4.01. The zero-order chi connectivity index (χ0) is 18.9. The monoisotopic (exact) mass is 615 g/mol. The number of nitrogens with one attached hydrogen (secondary N) is 1. The number of anilines is 2. The van der Waals surface area contributed by atoms with Gasteiger partial charge in [-0.25, -0.2) is 0 Å². The summed E-state index contributed by atoms with van der Waals surface area (Å²) < 4.78 is 0. The number of amides is 1. The van der Waals surface area contributed by atoms with Crippen molar-refractivity contribution in [2.75, 3.05) is 37.4 Å². The molecule has 0 spiro atoms. The minimum absolute atomic E-state index is 0. The molecule has 4 nitrogen and oxygen atoms in total. The second-order valence-electron chi connectivity index (χ2n) is 6.36. The Balaban J connectivity index is 0.00000364. The maximum atomic E-state index is 11.4. The second-order valence-corrected chi connectivity index (χ2v) is 6.36. The minimum Gasteiger partial charge on any atom is -0.396 e. The van der Waals surface area contributed by atoms with Gasteiger partial charge in [0, 0.05) is 19.0 Å². The summed E-state index contributed by atoms with van der Waals surface area (Å²) in [5, 5.41) is 2.88. The number of carbonyl (C=O) groups excluding carboxylic acids is 1.